The number of carbonyl (C=O) groups is 1. The Balaban J connectivity index is 2.27. The zero-order valence-electron chi connectivity index (χ0n) is 9.50. The number of hydrogen-bond donors (Lipinski definition) is 2. The van der Waals surface area contributed by atoms with E-state index in [1.54, 1.807) is 0 Å². The Kier molecular flexibility index (Phi) is 4.03. The van der Waals surface area contributed by atoms with Gasteiger partial charge in [-0.15, -0.1) is 0 Å². The number of carbonyl (C=O) groups excluding carboxylic acids is 1. The van der Waals surface area contributed by atoms with Gasteiger partial charge in [0.15, 0.2) is 5.60 Å². The van der Waals surface area contributed by atoms with Crippen LogP contribution in [0.5, 0.6) is 0 Å². The van der Waals surface area contributed by atoms with Crippen LogP contribution in [-0.4, -0.2) is 47.9 Å². The summed E-state index contributed by atoms with van der Waals surface area (Å²) < 4.78 is 4.84. The smallest absolute Gasteiger partial charge is 0.338 e. The van der Waals surface area contributed by atoms with Crippen LogP contribution in [0.1, 0.15) is 19.8 Å². The van der Waals surface area contributed by atoms with E-state index < -0.39 is 11.6 Å². The molecular weight excluding hydrogens is 214 g/mol. The summed E-state index contributed by atoms with van der Waals surface area (Å²) in [5, 5.41) is 12.9. The number of ether oxygens (including phenoxy) is 1. The first-order valence-electron chi connectivity index (χ1n) is 5.02. The third kappa shape index (κ3) is 3.36. The number of rotatable bonds is 6. The van der Waals surface area contributed by atoms with Gasteiger partial charge in [0, 0.05) is 17.8 Å². The van der Waals surface area contributed by atoms with E-state index in [0.29, 0.717) is 4.75 Å². The zero-order valence-corrected chi connectivity index (χ0v) is 10.3. The molecule has 15 heavy (non-hydrogen) atoms. The van der Waals surface area contributed by atoms with Crippen LogP contribution in [0.2, 0.25) is 0 Å². The van der Waals surface area contributed by atoms with Crippen LogP contribution in [0, 0.1) is 0 Å². The van der Waals surface area contributed by atoms with Gasteiger partial charge in [0.05, 0.1) is 7.11 Å². The lowest BCUT2D eigenvalue weighted by atomic mass is 10.1. The third-order valence-electron chi connectivity index (χ3n) is 2.78. The molecule has 0 aromatic heterocycles. The summed E-state index contributed by atoms with van der Waals surface area (Å²) in [5.41, 5.74) is -1.43. The van der Waals surface area contributed by atoms with E-state index in [0.717, 1.165) is 6.54 Å². The lowest BCUT2D eigenvalue weighted by Gasteiger charge is -2.22. The minimum Gasteiger partial charge on any atom is -0.467 e. The summed E-state index contributed by atoms with van der Waals surface area (Å²) >= 11 is 1.84. The SMILES string of the molecule is COC(=O)C(C)(O)CNCC1(SC)CC1. The van der Waals surface area contributed by atoms with Gasteiger partial charge in [-0.05, 0) is 26.0 Å². The van der Waals surface area contributed by atoms with E-state index in [-0.39, 0.29) is 6.54 Å². The molecule has 1 saturated carbocycles. The molecule has 1 fully saturated rings. The lowest BCUT2D eigenvalue weighted by molar-refractivity contribution is -0.159. The van der Waals surface area contributed by atoms with Crippen molar-refractivity contribution in [1.29, 1.82) is 0 Å². The average molecular weight is 233 g/mol. The van der Waals surface area contributed by atoms with Crippen molar-refractivity contribution in [3.8, 4) is 0 Å². The number of esters is 1. The standard InChI is InChI=1S/C10H19NO3S/c1-9(13,8(12)14-2)6-11-7-10(15-3)4-5-10/h11,13H,4-7H2,1-3H3. The fraction of sp³-hybridized carbons (Fsp3) is 0.900. The van der Waals surface area contributed by atoms with E-state index in [1.807, 2.05) is 11.8 Å². The number of hydrogen-bond acceptors (Lipinski definition) is 5. The molecule has 4 nitrogen and oxygen atoms in total. The minimum atomic E-state index is -1.43. The van der Waals surface area contributed by atoms with E-state index in [9.17, 15) is 9.90 Å². The molecule has 1 aliphatic rings. The highest BCUT2D eigenvalue weighted by atomic mass is 32.2. The molecule has 1 unspecified atom stereocenters. The zero-order chi connectivity index (χ0) is 11.5. The number of thioether (sulfide) groups is 1. The van der Waals surface area contributed by atoms with Crippen LogP contribution in [0.15, 0.2) is 0 Å². The highest BCUT2D eigenvalue weighted by Crippen LogP contribution is 2.46. The predicted octanol–water partition coefficient (Wildman–Crippen LogP) is 0.396. The maximum Gasteiger partial charge on any atom is 0.338 e. The largest absolute Gasteiger partial charge is 0.467 e. The van der Waals surface area contributed by atoms with Crippen LogP contribution in [-0.2, 0) is 9.53 Å². The number of aliphatic hydroxyl groups is 1. The molecule has 0 aromatic rings. The van der Waals surface area contributed by atoms with Crippen LogP contribution in [0.25, 0.3) is 0 Å². The molecule has 0 saturated heterocycles. The van der Waals surface area contributed by atoms with Crippen molar-refractivity contribution in [1.82, 2.24) is 5.32 Å². The lowest BCUT2D eigenvalue weighted by Crippen LogP contribution is -2.47. The number of methoxy groups -OCH3 is 1. The monoisotopic (exact) mass is 233 g/mol. The Morgan fingerprint density at radius 2 is 2.27 bits per heavy atom. The molecule has 1 atom stereocenters. The summed E-state index contributed by atoms with van der Waals surface area (Å²) in [6, 6.07) is 0. The van der Waals surface area contributed by atoms with Gasteiger partial charge in [-0.3, -0.25) is 0 Å². The van der Waals surface area contributed by atoms with E-state index >= 15 is 0 Å². The van der Waals surface area contributed by atoms with Crippen molar-refractivity contribution < 1.29 is 14.6 Å². The third-order valence-corrected chi connectivity index (χ3v) is 4.20. The fourth-order valence-corrected chi connectivity index (χ4v) is 2.17. The number of nitrogens with one attached hydrogen (secondary N) is 1. The maximum atomic E-state index is 11.2. The van der Waals surface area contributed by atoms with Gasteiger partial charge in [-0.1, -0.05) is 0 Å². The molecule has 0 spiro atoms. The van der Waals surface area contributed by atoms with Crippen molar-refractivity contribution in [2.75, 3.05) is 26.5 Å². The molecule has 0 heterocycles. The van der Waals surface area contributed by atoms with Gasteiger partial charge in [-0.25, -0.2) is 4.79 Å². The van der Waals surface area contributed by atoms with Gasteiger partial charge in [-0.2, -0.15) is 11.8 Å². The molecule has 1 rings (SSSR count). The summed E-state index contributed by atoms with van der Waals surface area (Å²) in [5.74, 6) is -0.594. The molecule has 0 radical (unpaired) electrons. The van der Waals surface area contributed by atoms with Crippen LogP contribution in [0.4, 0.5) is 0 Å². The first kappa shape index (κ1) is 12.8. The molecule has 2 N–H and O–H groups in total. The van der Waals surface area contributed by atoms with E-state index in [2.05, 4.69) is 16.3 Å². The second-order valence-electron chi connectivity index (χ2n) is 4.26. The second kappa shape index (κ2) is 4.72. The first-order chi connectivity index (χ1) is 6.96. The predicted molar refractivity (Wildman–Crippen MR) is 61.0 cm³/mol. The summed E-state index contributed by atoms with van der Waals surface area (Å²) in [6.45, 7) is 2.54. The van der Waals surface area contributed by atoms with Gasteiger partial charge in [0.2, 0.25) is 0 Å². The van der Waals surface area contributed by atoms with Crippen molar-refractivity contribution >= 4 is 17.7 Å². The van der Waals surface area contributed by atoms with Gasteiger partial charge < -0.3 is 15.2 Å². The normalized spacial score (nSPS) is 21.9. The highest BCUT2D eigenvalue weighted by molar-refractivity contribution is 8.00. The van der Waals surface area contributed by atoms with E-state index in [1.165, 1.54) is 26.9 Å². The van der Waals surface area contributed by atoms with Crippen LogP contribution in [0.3, 0.4) is 0 Å². The van der Waals surface area contributed by atoms with Gasteiger partial charge in [0.1, 0.15) is 0 Å². The van der Waals surface area contributed by atoms with Gasteiger partial charge in [0.25, 0.3) is 0 Å². The summed E-state index contributed by atoms with van der Waals surface area (Å²) in [6.07, 6.45) is 4.51. The molecular formula is C10H19NO3S. The highest BCUT2D eigenvalue weighted by Gasteiger charge is 2.42. The maximum absolute atomic E-state index is 11.2. The molecule has 88 valence electrons. The Hall–Kier alpha value is -0.260. The molecule has 0 aromatic carbocycles. The molecule has 1 aliphatic carbocycles. The quantitative estimate of drug-likeness (QED) is 0.650. The summed E-state index contributed by atoms with van der Waals surface area (Å²) in [4.78, 5) is 11.2. The Morgan fingerprint density at radius 1 is 1.67 bits per heavy atom. The van der Waals surface area contributed by atoms with Crippen molar-refractivity contribution in [2.24, 2.45) is 0 Å². The first-order valence-corrected chi connectivity index (χ1v) is 6.25. The Bertz CT molecular complexity index is 239. The van der Waals surface area contributed by atoms with Crippen molar-refractivity contribution in [2.45, 2.75) is 30.1 Å². The Labute approximate surface area is 94.8 Å². The molecule has 5 heteroatoms. The molecule has 0 bridgehead atoms. The summed E-state index contributed by atoms with van der Waals surface area (Å²) in [7, 11) is 1.28. The van der Waals surface area contributed by atoms with Crippen molar-refractivity contribution in [3.05, 3.63) is 0 Å². The van der Waals surface area contributed by atoms with Crippen molar-refractivity contribution in [3.63, 3.8) is 0 Å². The molecule has 0 aliphatic heterocycles. The van der Waals surface area contributed by atoms with Crippen LogP contribution < -0.4 is 5.32 Å². The fourth-order valence-electron chi connectivity index (χ4n) is 1.42. The Morgan fingerprint density at radius 3 is 2.67 bits per heavy atom. The van der Waals surface area contributed by atoms with Crippen LogP contribution >= 0.6 is 11.8 Å². The van der Waals surface area contributed by atoms with Gasteiger partial charge >= 0.3 is 5.97 Å². The average Bonchev–Trinajstić information content (AvgIpc) is 2.97. The minimum absolute atomic E-state index is 0.238. The second-order valence-corrected chi connectivity index (χ2v) is 5.53. The topological polar surface area (TPSA) is 58.6 Å². The van der Waals surface area contributed by atoms with E-state index in [4.69, 9.17) is 0 Å². The molecule has 0 amide bonds.